The van der Waals surface area contributed by atoms with E-state index in [-0.39, 0.29) is 0 Å². The summed E-state index contributed by atoms with van der Waals surface area (Å²) in [6, 6.07) is 6.81. The van der Waals surface area contributed by atoms with E-state index in [0.29, 0.717) is 6.04 Å². The molecule has 2 aromatic rings. The maximum atomic E-state index is 4.37. The molecular formula is C15H18N4. The van der Waals surface area contributed by atoms with E-state index in [9.17, 15) is 0 Å². The summed E-state index contributed by atoms with van der Waals surface area (Å²) in [6.45, 7) is 1.11. The third-order valence-electron chi connectivity index (χ3n) is 3.75. The predicted molar refractivity (Wildman–Crippen MR) is 75.0 cm³/mol. The van der Waals surface area contributed by atoms with Gasteiger partial charge in [0.05, 0.1) is 0 Å². The smallest absolute Gasteiger partial charge is 0.132 e. The molecule has 0 aromatic carbocycles. The van der Waals surface area contributed by atoms with E-state index in [1.165, 1.54) is 24.8 Å². The minimum Gasteiger partial charge on any atom is -0.354 e. The average molecular weight is 254 g/mol. The van der Waals surface area contributed by atoms with E-state index < -0.39 is 0 Å². The number of hydrogen-bond donors (Lipinski definition) is 0. The minimum atomic E-state index is 0.600. The quantitative estimate of drug-likeness (QED) is 0.840. The molecule has 98 valence electrons. The zero-order valence-corrected chi connectivity index (χ0v) is 10.9. The molecule has 0 aliphatic carbocycles. The molecule has 0 spiro atoms. The van der Waals surface area contributed by atoms with Crippen LogP contribution in [0.3, 0.4) is 0 Å². The molecule has 0 saturated carbocycles. The van der Waals surface area contributed by atoms with Gasteiger partial charge in [0, 0.05) is 31.2 Å². The number of nitrogens with zero attached hydrogens (tertiary/aromatic N) is 4. The molecule has 0 radical (unpaired) electrons. The van der Waals surface area contributed by atoms with Crippen LogP contribution in [0, 0.1) is 0 Å². The van der Waals surface area contributed by atoms with Crippen LogP contribution in [0.2, 0.25) is 0 Å². The van der Waals surface area contributed by atoms with Crippen LogP contribution in [0.4, 0.5) is 5.82 Å². The molecule has 2 aromatic heterocycles. The fourth-order valence-electron chi connectivity index (χ4n) is 2.77. The minimum absolute atomic E-state index is 0.600. The first-order valence-corrected chi connectivity index (χ1v) is 6.85. The van der Waals surface area contributed by atoms with E-state index in [1.54, 1.807) is 6.33 Å². The second-order valence-electron chi connectivity index (χ2n) is 4.95. The summed E-state index contributed by atoms with van der Waals surface area (Å²) >= 11 is 0. The second-order valence-corrected chi connectivity index (χ2v) is 4.95. The van der Waals surface area contributed by atoms with Crippen molar-refractivity contribution in [3.63, 3.8) is 0 Å². The van der Waals surface area contributed by atoms with Crippen molar-refractivity contribution in [2.45, 2.75) is 31.7 Å². The first-order valence-electron chi connectivity index (χ1n) is 6.85. The lowest BCUT2D eigenvalue weighted by molar-refractivity contribution is 0.605. The maximum absolute atomic E-state index is 4.37. The summed E-state index contributed by atoms with van der Waals surface area (Å²) in [5.41, 5.74) is 1.37. The number of aromatic nitrogens is 3. The molecule has 0 bridgehead atoms. The average Bonchev–Trinajstić information content (AvgIpc) is 2.95. The monoisotopic (exact) mass is 254 g/mol. The Morgan fingerprint density at radius 1 is 1.11 bits per heavy atom. The normalized spacial score (nSPS) is 18.7. The largest absolute Gasteiger partial charge is 0.354 e. The molecule has 0 N–H and O–H groups in total. The van der Waals surface area contributed by atoms with Gasteiger partial charge >= 0.3 is 0 Å². The molecular weight excluding hydrogens is 236 g/mol. The van der Waals surface area contributed by atoms with Crippen molar-refractivity contribution >= 4 is 5.82 Å². The fraction of sp³-hybridized carbons (Fsp3) is 0.400. The van der Waals surface area contributed by atoms with Gasteiger partial charge in [0.1, 0.15) is 12.1 Å². The Labute approximate surface area is 113 Å². The molecule has 4 nitrogen and oxygen atoms in total. The Bertz CT molecular complexity index is 500. The number of hydrogen-bond acceptors (Lipinski definition) is 4. The van der Waals surface area contributed by atoms with Crippen LogP contribution in [0.1, 0.15) is 24.8 Å². The standard InChI is InChI=1S/C15H18N4/c1-2-14(4-3-13-5-8-16-9-6-13)19(11-1)15-7-10-17-12-18-15/h5-10,12,14H,1-4,11H2/t14-/m0/s1. The van der Waals surface area contributed by atoms with E-state index in [0.717, 1.165) is 18.8 Å². The Hall–Kier alpha value is -1.97. The van der Waals surface area contributed by atoms with Gasteiger partial charge in [-0.15, -0.1) is 0 Å². The molecule has 0 unspecified atom stereocenters. The van der Waals surface area contributed by atoms with Crippen molar-refractivity contribution < 1.29 is 0 Å². The van der Waals surface area contributed by atoms with Gasteiger partial charge in [-0.25, -0.2) is 9.97 Å². The van der Waals surface area contributed by atoms with E-state index >= 15 is 0 Å². The predicted octanol–water partition coefficient (Wildman–Crippen LogP) is 2.47. The number of pyridine rings is 1. The highest BCUT2D eigenvalue weighted by atomic mass is 15.2. The Kier molecular flexibility index (Phi) is 3.68. The molecule has 0 amide bonds. The SMILES string of the molecule is c1cc(CC[C@@H]2CCCN2c2ccncn2)ccn1. The van der Waals surface area contributed by atoms with Gasteiger partial charge in [0.2, 0.25) is 0 Å². The molecule has 4 heteroatoms. The molecule has 1 saturated heterocycles. The summed E-state index contributed by atoms with van der Waals surface area (Å²) in [4.78, 5) is 14.8. The zero-order valence-electron chi connectivity index (χ0n) is 10.9. The Morgan fingerprint density at radius 2 is 1.95 bits per heavy atom. The van der Waals surface area contributed by atoms with Gasteiger partial charge in [-0.05, 0) is 49.4 Å². The van der Waals surface area contributed by atoms with Crippen molar-refractivity contribution in [2.24, 2.45) is 0 Å². The van der Waals surface area contributed by atoms with Gasteiger partial charge in [-0.1, -0.05) is 0 Å². The summed E-state index contributed by atoms with van der Waals surface area (Å²) in [6.07, 6.45) is 12.0. The Morgan fingerprint density at radius 3 is 2.74 bits per heavy atom. The summed E-state index contributed by atoms with van der Waals surface area (Å²) in [5, 5.41) is 0. The summed E-state index contributed by atoms with van der Waals surface area (Å²) < 4.78 is 0. The number of aryl methyl sites for hydroxylation is 1. The molecule has 3 heterocycles. The zero-order chi connectivity index (χ0) is 12.9. The second kappa shape index (κ2) is 5.78. The number of anilines is 1. The Balaban J connectivity index is 1.64. The lowest BCUT2D eigenvalue weighted by atomic mass is 10.0. The van der Waals surface area contributed by atoms with Crippen molar-refractivity contribution in [3.8, 4) is 0 Å². The van der Waals surface area contributed by atoms with Crippen LogP contribution in [0.25, 0.3) is 0 Å². The summed E-state index contributed by atoms with van der Waals surface area (Å²) in [7, 11) is 0. The molecule has 3 rings (SSSR count). The fourth-order valence-corrected chi connectivity index (χ4v) is 2.77. The molecule has 19 heavy (non-hydrogen) atoms. The van der Waals surface area contributed by atoms with Crippen LogP contribution in [-0.4, -0.2) is 27.5 Å². The van der Waals surface area contributed by atoms with E-state index in [4.69, 9.17) is 0 Å². The van der Waals surface area contributed by atoms with Crippen LogP contribution in [0.15, 0.2) is 43.1 Å². The van der Waals surface area contributed by atoms with Gasteiger partial charge in [-0.2, -0.15) is 0 Å². The van der Waals surface area contributed by atoms with Crippen molar-refractivity contribution in [1.29, 1.82) is 0 Å². The van der Waals surface area contributed by atoms with Gasteiger partial charge < -0.3 is 4.90 Å². The van der Waals surface area contributed by atoms with Crippen molar-refractivity contribution in [1.82, 2.24) is 15.0 Å². The first-order chi connectivity index (χ1) is 9.43. The van der Waals surface area contributed by atoms with Crippen LogP contribution in [-0.2, 0) is 6.42 Å². The molecule has 1 aliphatic heterocycles. The van der Waals surface area contributed by atoms with Gasteiger partial charge in [-0.3, -0.25) is 4.98 Å². The van der Waals surface area contributed by atoms with Crippen molar-refractivity contribution in [2.75, 3.05) is 11.4 Å². The highest BCUT2D eigenvalue weighted by Crippen LogP contribution is 2.26. The van der Waals surface area contributed by atoms with Crippen molar-refractivity contribution in [3.05, 3.63) is 48.7 Å². The molecule has 1 aliphatic rings. The van der Waals surface area contributed by atoms with E-state index in [2.05, 4.69) is 32.0 Å². The topological polar surface area (TPSA) is 41.9 Å². The third kappa shape index (κ3) is 2.89. The molecule has 1 fully saturated rings. The lowest BCUT2D eigenvalue weighted by Gasteiger charge is -2.25. The highest BCUT2D eigenvalue weighted by Gasteiger charge is 2.25. The summed E-state index contributed by atoms with van der Waals surface area (Å²) in [5.74, 6) is 1.06. The van der Waals surface area contributed by atoms with Gasteiger partial charge in [0.25, 0.3) is 0 Å². The molecule has 1 atom stereocenters. The number of rotatable bonds is 4. The van der Waals surface area contributed by atoms with Gasteiger partial charge in [0.15, 0.2) is 0 Å². The van der Waals surface area contributed by atoms with Crippen LogP contribution >= 0.6 is 0 Å². The van der Waals surface area contributed by atoms with Crippen LogP contribution in [0.5, 0.6) is 0 Å². The van der Waals surface area contributed by atoms with E-state index in [1.807, 2.05) is 24.7 Å². The third-order valence-corrected chi connectivity index (χ3v) is 3.75. The lowest BCUT2D eigenvalue weighted by Crippen LogP contribution is -2.30. The first kappa shape index (κ1) is 12.1. The van der Waals surface area contributed by atoms with Crippen LogP contribution < -0.4 is 4.90 Å². The maximum Gasteiger partial charge on any atom is 0.132 e. The highest BCUT2D eigenvalue weighted by molar-refractivity contribution is 5.39.